The molecule has 31 heavy (non-hydrogen) atoms. The molecule has 0 aliphatic rings. The summed E-state index contributed by atoms with van der Waals surface area (Å²) >= 11 is 1.48. The van der Waals surface area contributed by atoms with Crippen molar-refractivity contribution in [1.82, 2.24) is 0 Å². The molecule has 0 nitrogen and oxygen atoms in total. The van der Waals surface area contributed by atoms with Gasteiger partial charge in [-0.1, -0.05) is 0 Å². The summed E-state index contributed by atoms with van der Waals surface area (Å²) < 4.78 is 1.49. The van der Waals surface area contributed by atoms with Gasteiger partial charge in [0.05, 0.1) is 0 Å². The van der Waals surface area contributed by atoms with Crippen molar-refractivity contribution >= 4 is 26.1 Å². The van der Waals surface area contributed by atoms with Crippen molar-refractivity contribution in [2.45, 2.75) is 79.1 Å². The number of rotatable bonds is 6. The average Bonchev–Trinajstić information content (AvgIpc) is 2.72. The molecule has 0 saturated carbocycles. The molecule has 0 aliphatic carbocycles. The van der Waals surface area contributed by atoms with Gasteiger partial charge in [-0.3, -0.25) is 0 Å². The molecule has 0 aromatic heterocycles. The van der Waals surface area contributed by atoms with E-state index in [9.17, 15) is 0 Å². The molecular weight excluding hydrogens is 479 g/mol. The van der Waals surface area contributed by atoms with E-state index in [-0.39, 0.29) is 0 Å². The first kappa shape index (κ1) is 24.1. The topological polar surface area (TPSA) is 0 Å². The van der Waals surface area contributed by atoms with Gasteiger partial charge in [0.2, 0.25) is 0 Å². The zero-order chi connectivity index (χ0) is 22.9. The molecule has 0 bridgehead atoms. The Kier molecular flexibility index (Phi) is 7.73. The van der Waals surface area contributed by atoms with Gasteiger partial charge in [0.1, 0.15) is 0 Å². The van der Waals surface area contributed by atoms with E-state index < -0.39 is 0 Å². The molecular formula is C30H37Sn-. The number of benzene rings is 3. The van der Waals surface area contributed by atoms with E-state index >= 15 is 0 Å². The second-order valence-corrected chi connectivity index (χ2v) is 11.4. The van der Waals surface area contributed by atoms with Crippen LogP contribution < -0.4 is 3.58 Å². The predicted molar refractivity (Wildman–Crippen MR) is 139 cm³/mol. The van der Waals surface area contributed by atoms with Crippen molar-refractivity contribution in [2.75, 3.05) is 0 Å². The van der Waals surface area contributed by atoms with E-state index in [0.717, 1.165) is 0 Å². The summed E-state index contributed by atoms with van der Waals surface area (Å²) in [6.45, 7) is 18.6. The van der Waals surface area contributed by atoms with Crippen molar-refractivity contribution in [3.8, 4) is 22.3 Å². The fourth-order valence-corrected chi connectivity index (χ4v) is 5.88. The summed E-state index contributed by atoms with van der Waals surface area (Å²) in [5, 5.41) is 0. The Labute approximate surface area is 203 Å². The van der Waals surface area contributed by atoms with Crippen molar-refractivity contribution in [1.29, 1.82) is 0 Å². The summed E-state index contributed by atoms with van der Waals surface area (Å²) in [5.41, 5.74) is 11.7. The molecule has 0 N–H and O–H groups in total. The van der Waals surface area contributed by atoms with E-state index in [0.29, 0.717) is 23.7 Å². The van der Waals surface area contributed by atoms with E-state index in [4.69, 9.17) is 0 Å². The quantitative estimate of drug-likeness (QED) is 0.289. The Hall–Kier alpha value is -1.54. The first-order chi connectivity index (χ1) is 14.6. The third-order valence-electron chi connectivity index (χ3n) is 6.35. The molecule has 0 unspecified atom stereocenters. The van der Waals surface area contributed by atoms with Gasteiger partial charge < -0.3 is 0 Å². The molecule has 0 aliphatic heterocycles. The van der Waals surface area contributed by atoms with Crippen molar-refractivity contribution in [2.24, 2.45) is 0 Å². The fourth-order valence-electron chi connectivity index (χ4n) is 4.69. The molecule has 1 heteroatoms. The molecule has 0 amide bonds. The SMILES string of the molecule is CC(C)c1cccc(C(C)C)c1-c1cccc(-c2c(C(C)C)cccc2C(C)C)[c]1[Sn-]. The van der Waals surface area contributed by atoms with Gasteiger partial charge in [-0.05, 0) is 0 Å². The Morgan fingerprint density at radius 1 is 0.452 bits per heavy atom. The Balaban J connectivity index is 2.38. The van der Waals surface area contributed by atoms with Gasteiger partial charge in [-0.15, -0.1) is 0 Å². The average molecular weight is 516 g/mol. The van der Waals surface area contributed by atoms with Crippen molar-refractivity contribution in [3.05, 3.63) is 76.9 Å². The van der Waals surface area contributed by atoms with Crippen molar-refractivity contribution < 1.29 is 0 Å². The number of hydrogen-bond acceptors (Lipinski definition) is 0. The molecule has 162 valence electrons. The first-order valence-corrected chi connectivity index (χ1v) is 13.2. The standard InChI is InChI=1S/C30H37.Sn/c1-19(2)25-14-10-15-26(20(3)4)29(25)23-12-9-13-24(18-23)30-27(21(5)6)16-11-17-28(30)22(7)8;/h9-17,19-22H,1-8H3;/q;-1. The molecule has 0 spiro atoms. The van der Waals surface area contributed by atoms with Crippen LogP contribution in [-0.2, 0) is 0 Å². The Morgan fingerprint density at radius 2 is 0.710 bits per heavy atom. The minimum atomic E-state index is 0.502. The van der Waals surface area contributed by atoms with Crippen LogP contribution in [0.25, 0.3) is 22.3 Å². The first-order valence-electron chi connectivity index (χ1n) is 11.8. The zero-order valence-corrected chi connectivity index (χ0v) is 23.4. The molecule has 0 heterocycles. The van der Waals surface area contributed by atoms with Crippen LogP contribution in [0.1, 0.15) is 101 Å². The van der Waals surface area contributed by atoms with Crippen LogP contribution in [0.5, 0.6) is 0 Å². The molecule has 0 atom stereocenters. The zero-order valence-electron chi connectivity index (χ0n) is 20.5. The maximum absolute atomic E-state index is 2.35. The molecule has 3 aromatic carbocycles. The maximum atomic E-state index is 2.35. The van der Waals surface area contributed by atoms with Gasteiger partial charge in [-0.25, -0.2) is 0 Å². The summed E-state index contributed by atoms with van der Waals surface area (Å²) in [5.74, 6) is 2.01. The molecule has 0 fully saturated rings. The summed E-state index contributed by atoms with van der Waals surface area (Å²) in [6, 6.07) is 20.8. The molecule has 3 aromatic rings. The third-order valence-corrected chi connectivity index (χ3v) is 7.89. The van der Waals surface area contributed by atoms with Crippen LogP contribution in [0.15, 0.2) is 54.6 Å². The van der Waals surface area contributed by atoms with Crippen LogP contribution in [0.2, 0.25) is 0 Å². The van der Waals surface area contributed by atoms with Gasteiger partial charge >= 0.3 is 204 Å². The Morgan fingerprint density at radius 3 is 0.968 bits per heavy atom. The van der Waals surface area contributed by atoms with E-state index in [1.807, 2.05) is 0 Å². The second-order valence-electron chi connectivity index (χ2n) is 9.97. The van der Waals surface area contributed by atoms with E-state index in [2.05, 4.69) is 110 Å². The third kappa shape index (κ3) is 4.80. The van der Waals surface area contributed by atoms with Crippen LogP contribution >= 0.6 is 0 Å². The minimum absolute atomic E-state index is 0.502. The van der Waals surface area contributed by atoms with Gasteiger partial charge in [0, 0.05) is 0 Å². The summed E-state index contributed by atoms with van der Waals surface area (Å²) in [6.07, 6.45) is 0. The van der Waals surface area contributed by atoms with Gasteiger partial charge in [0.15, 0.2) is 0 Å². The van der Waals surface area contributed by atoms with Crippen LogP contribution in [0.4, 0.5) is 0 Å². The Bertz CT molecular complexity index is 920. The molecule has 3 rings (SSSR count). The summed E-state index contributed by atoms with van der Waals surface area (Å²) in [7, 11) is 0. The molecule has 0 saturated heterocycles. The number of hydrogen-bond donors (Lipinski definition) is 0. The van der Waals surface area contributed by atoms with E-state index in [1.165, 1.54) is 70.6 Å². The van der Waals surface area contributed by atoms with Crippen molar-refractivity contribution in [3.63, 3.8) is 0 Å². The van der Waals surface area contributed by atoms with Crippen LogP contribution in [0, 0.1) is 0 Å². The fraction of sp³-hybridized carbons (Fsp3) is 0.400. The normalized spacial score (nSPS) is 11.9. The van der Waals surface area contributed by atoms with Crippen LogP contribution in [0.3, 0.4) is 0 Å². The predicted octanol–water partition coefficient (Wildman–Crippen LogP) is 8.31. The van der Waals surface area contributed by atoms with E-state index in [1.54, 1.807) is 0 Å². The van der Waals surface area contributed by atoms with Crippen LogP contribution in [-0.4, -0.2) is 22.5 Å². The molecule has 2 radical (unpaired) electrons. The summed E-state index contributed by atoms with van der Waals surface area (Å²) in [4.78, 5) is 0. The van der Waals surface area contributed by atoms with Gasteiger partial charge in [0.25, 0.3) is 0 Å². The van der Waals surface area contributed by atoms with Gasteiger partial charge in [-0.2, -0.15) is 0 Å². The monoisotopic (exact) mass is 517 g/mol. The second kappa shape index (κ2) is 9.94.